The summed E-state index contributed by atoms with van der Waals surface area (Å²) in [6, 6.07) is 91.6. The second kappa shape index (κ2) is 17.8. The number of hydrogen-bond donors (Lipinski definition) is 0. The maximum absolute atomic E-state index is 2.97. The first-order valence-corrected chi connectivity index (χ1v) is 23.3. The van der Waals surface area contributed by atoms with Crippen molar-refractivity contribution in [1.82, 2.24) is 9.13 Å². The molecule has 10 aromatic carbocycles. The van der Waals surface area contributed by atoms with Crippen LogP contribution in [0, 0.1) is 0 Å². The summed E-state index contributed by atoms with van der Waals surface area (Å²) >= 11 is 0. The quantitative estimate of drug-likeness (QED) is 0.134. The maximum atomic E-state index is 2.97. The van der Waals surface area contributed by atoms with Crippen LogP contribution < -0.4 is 9.80 Å². The van der Waals surface area contributed by atoms with Crippen LogP contribution in [0.2, 0.25) is 0 Å². The number of fused-ring (bicyclic) bond motifs is 6. The summed E-state index contributed by atoms with van der Waals surface area (Å²) in [5, 5.41) is 5.05. The summed E-state index contributed by atoms with van der Waals surface area (Å²) in [6.07, 6.45) is 0. The van der Waals surface area contributed by atoms with Gasteiger partial charge in [0, 0.05) is 67.0 Å². The minimum absolute atomic E-state index is 1.09. The van der Waals surface area contributed by atoms with E-state index in [2.05, 4.69) is 283 Å². The van der Waals surface area contributed by atoms with E-state index in [1.807, 2.05) is 0 Å². The smallest absolute Gasteiger partial charge is 0.0541 e. The van der Waals surface area contributed by atoms with Crippen molar-refractivity contribution >= 4 is 87.0 Å². The molecule has 0 radical (unpaired) electrons. The zero-order valence-corrected chi connectivity index (χ0v) is 37.5. The van der Waals surface area contributed by atoms with Gasteiger partial charge in [-0.05, 0) is 132 Å². The Morgan fingerprint density at radius 3 is 0.758 bits per heavy atom. The number of para-hydroxylation sites is 6. The van der Waals surface area contributed by atoms with Crippen molar-refractivity contribution in [3.63, 3.8) is 0 Å². The van der Waals surface area contributed by atoms with Crippen LogP contribution in [0.25, 0.3) is 66.1 Å². The third-order valence-electron chi connectivity index (χ3n) is 12.5. The van der Waals surface area contributed by atoms with Crippen LogP contribution in [-0.4, -0.2) is 15.8 Å². The lowest BCUT2D eigenvalue weighted by Crippen LogP contribution is -2.10. The fourth-order valence-corrected chi connectivity index (χ4v) is 9.56. The van der Waals surface area contributed by atoms with Gasteiger partial charge in [-0.1, -0.05) is 133 Å². The predicted molar refractivity (Wildman–Crippen MR) is 284 cm³/mol. The lowest BCUT2D eigenvalue weighted by atomic mass is 10.0. The molecular formula is C61H46N4P-. The van der Waals surface area contributed by atoms with E-state index in [4.69, 9.17) is 0 Å². The molecule has 4 nitrogen and oxygen atoms in total. The number of nitrogens with zero attached hydrogens (tertiary/aromatic N) is 4. The van der Waals surface area contributed by atoms with Crippen LogP contribution in [0.15, 0.2) is 255 Å². The summed E-state index contributed by atoms with van der Waals surface area (Å²) in [6.45, 7) is 1.81. The molecule has 5 heteroatoms. The van der Waals surface area contributed by atoms with E-state index in [0.717, 1.165) is 56.6 Å². The van der Waals surface area contributed by atoms with Crippen molar-refractivity contribution in [2.24, 2.45) is 0 Å². The molecule has 316 valence electrons. The van der Waals surface area contributed by atoms with E-state index in [1.165, 1.54) is 43.6 Å². The molecule has 0 saturated heterocycles. The molecule has 0 fully saturated rings. The van der Waals surface area contributed by atoms with E-state index in [1.54, 1.807) is 6.66 Å². The van der Waals surface area contributed by atoms with Gasteiger partial charge in [0.15, 0.2) is 0 Å². The van der Waals surface area contributed by atoms with Crippen LogP contribution in [-0.2, 0) is 0 Å². The highest BCUT2D eigenvalue weighted by Crippen LogP contribution is 2.40. The topological polar surface area (TPSA) is 16.3 Å². The Balaban J connectivity index is 0.00000238. The van der Waals surface area contributed by atoms with E-state index < -0.39 is 0 Å². The molecule has 0 aliphatic carbocycles. The molecule has 0 saturated carbocycles. The van der Waals surface area contributed by atoms with Crippen LogP contribution >= 0.6 is 9.24 Å². The molecule has 0 aliphatic heterocycles. The van der Waals surface area contributed by atoms with Gasteiger partial charge in [0.1, 0.15) is 0 Å². The van der Waals surface area contributed by atoms with Crippen molar-refractivity contribution < 1.29 is 0 Å². The van der Waals surface area contributed by atoms with Crippen LogP contribution in [0.3, 0.4) is 0 Å². The average Bonchev–Trinajstić information content (AvgIpc) is 3.92. The number of rotatable bonds is 9. The molecule has 12 aromatic rings. The molecule has 0 unspecified atom stereocenters. The number of hydrogen-bond acceptors (Lipinski definition) is 2. The van der Waals surface area contributed by atoms with Crippen molar-refractivity contribution in [1.29, 1.82) is 0 Å². The normalized spacial score (nSPS) is 11.2. The Hall–Kier alpha value is -8.17. The molecule has 0 spiro atoms. The van der Waals surface area contributed by atoms with Gasteiger partial charge in [0.25, 0.3) is 0 Å². The minimum Gasteiger partial charge on any atom is -0.562 e. The van der Waals surface area contributed by atoms with Gasteiger partial charge < -0.3 is 28.2 Å². The van der Waals surface area contributed by atoms with E-state index in [0.29, 0.717) is 0 Å². The van der Waals surface area contributed by atoms with Crippen LogP contribution in [0.4, 0.5) is 34.1 Å². The fourth-order valence-electron chi connectivity index (χ4n) is 9.56. The van der Waals surface area contributed by atoms with Gasteiger partial charge in [-0.2, -0.15) is 6.66 Å². The third-order valence-corrected chi connectivity index (χ3v) is 12.5. The molecule has 0 bridgehead atoms. The summed E-state index contributed by atoms with van der Waals surface area (Å²) in [5.41, 5.74) is 16.0. The monoisotopic (exact) mass is 865 g/mol. The summed E-state index contributed by atoms with van der Waals surface area (Å²) < 4.78 is 4.73. The first-order valence-electron chi connectivity index (χ1n) is 22.3. The third kappa shape index (κ3) is 7.28. The van der Waals surface area contributed by atoms with Gasteiger partial charge in [-0.25, -0.2) is 0 Å². The molecule has 2 heterocycles. The SMILES string of the molecule is C[PH-].c1ccc(N(c2ccc(-c3ccc(N(c4ccccc4)c4ccc(-n5c6ccccc6c6ccccc65)cc4)cc3)cc2)c2ccc(-n3c4ccccc4c4ccccc43)cc2)cc1. The van der Waals surface area contributed by atoms with E-state index in [-0.39, 0.29) is 0 Å². The molecule has 12 rings (SSSR count). The van der Waals surface area contributed by atoms with Crippen LogP contribution in [0.5, 0.6) is 0 Å². The number of benzene rings is 10. The standard InChI is InChI=1S/C60H42N4.CH4P/c1-3-15-45(16-4-1)61(49-35-39-51(40-36-49)63-57-23-11-7-19-53(57)54-20-8-12-24-58(54)63)47-31-27-43(28-32-47)44-29-33-48(34-30-44)62(46-17-5-2-6-18-46)50-37-41-52(42-38-50)64-59-25-13-9-21-55(59)56-22-10-14-26-60(56)64;1-2/h1-42H;2H,1H3/q;-1. The van der Waals surface area contributed by atoms with Crippen LogP contribution in [0.1, 0.15) is 0 Å². The Morgan fingerprint density at radius 1 is 0.242 bits per heavy atom. The summed E-state index contributed by atoms with van der Waals surface area (Å²) in [4.78, 5) is 4.65. The zero-order chi connectivity index (χ0) is 44.4. The Kier molecular flexibility index (Phi) is 10.9. The second-order valence-electron chi connectivity index (χ2n) is 16.2. The molecule has 2 aromatic heterocycles. The van der Waals surface area contributed by atoms with Gasteiger partial charge in [-0.15, -0.1) is 0 Å². The van der Waals surface area contributed by atoms with E-state index in [9.17, 15) is 0 Å². The summed E-state index contributed by atoms with van der Waals surface area (Å²) in [7, 11) is 2.97. The van der Waals surface area contributed by atoms with Gasteiger partial charge in [0.2, 0.25) is 0 Å². The highest BCUT2D eigenvalue weighted by atomic mass is 31.0. The molecule has 0 aliphatic rings. The maximum Gasteiger partial charge on any atom is 0.0541 e. The zero-order valence-electron chi connectivity index (χ0n) is 36.5. The number of aromatic nitrogens is 2. The van der Waals surface area contributed by atoms with Gasteiger partial charge in [0.05, 0.1) is 22.1 Å². The molecule has 66 heavy (non-hydrogen) atoms. The highest BCUT2D eigenvalue weighted by Gasteiger charge is 2.18. The summed E-state index contributed by atoms with van der Waals surface area (Å²) in [5.74, 6) is 0. The minimum atomic E-state index is 1.09. The van der Waals surface area contributed by atoms with Gasteiger partial charge >= 0.3 is 0 Å². The second-order valence-corrected chi connectivity index (χ2v) is 16.2. The number of anilines is 6. The Labute approximate surface area is 388 Å². The molecule has 0 amide bonds. The first-order chi connectivity index (χ1) is 32.8. The highest BCUT2D eigenvalue weighted by molar-refractivity contribution is 7.15. The largest absolute Gasteiger partial charge is 0.562 e. The molecule has 0 atom stereocenters. The average molecular weight is 866 g/mol. The Bertz CT molecular complexity index is 3230. The van der Waals surface area contributed by atoms with Gasteiger partial charge in [-0.3, -0.25) is 0 Å². The molecule has 0 N–H and O–H groups in total. The first kappa shape index (κ1) is 40.6. The predicted octanol–water partition coefficient (Wildman–Crippen LogP) is 17.2. The Morgan fingerprint density at radius 2 is 0.470 bits per heavy atom. The lowest BCUT2D eigenvalue weighted by molar-refractivity contribution is 1.17. The lowest BCUT2D eigenvalue weighted by Gasteiger charge is -2.26. The van der Waals surface area contributed by atoms with Crippen molar-refractivity contribution in [3.05, 3.63) is 255 Å². The fraction of sp³-hybridized carbons (Fsp3) is 0.0164. The van der Waals surface area contributed by atoms with Crippen molar-refractivity contribution in [2.45, 2.75) is 0 Å². The van der Waals surface area contributed by atoms with Crippen molar-refractivity contribution in [3.8, 4) is 22.5 Å². The van der Waals surface area contributed by atoms with E-state index >= 15 is 0 Å². The van der Waals surface area contributed by atoms with Crippen molar-refractivity contribution in [2.75, 3.05) is 16.5 Å². The molecular weight excluding hydrogens is 820 g/mol.